The Labute approximate surface area is 39.6 Å². The molecule has 0 aromatic rings. The largest absolute Gasteiger partial charge is 0.387 e. The lowest BCUT2D eigenvalue weighted by Crippen LogP contribution is -1.96. The van der Waals surface area contributed by atoms with Gasteiger partial charge in [-0.25, -0.2) is 9.59 Å². The number of ether oxygens (including phenoxy) is 1. The summed E-state index contributed by atoms with van der Waals surface area (Å²) in [4.78, 5) is 19.8. The molecule has 1 heterocycles. The first-order valence-electron chi connectivity index (χ1n) is 1.73. The topological polar surface area (TPSA) is 43.4 Å². The van der Waals surface area contributed by atoms with E-state index in [2.05, 4.69) is 4.74 Å². The highest BCUT2D eigenvalue weighted by molar-refractivity contribution is 6.04. The van der Waals surface area contributed by atoms with Crippen LogP contribution in [0.15, 0.2) is 12.2 Å². The predicted octanol–water partition coefficient (Wildman–Crippen LogP) is -0.374. The van der Waals surface area contributed by atoms with Crippen molar-refractivity contribution < 1.29 is 14.3 Å². The summed E-state index contributed by atoms with van der Waals surface area (Å²) in [7, 11) is 0. The second kappa shape index (κ2) is 1.18. The van der Waals surface area contributed by atoms with Crippen LogP contribution in [0.25, 0.3) is 0 Å². The minimum atomic E-state index is -0.579. The van der Waals surface area contributed by atoms with Crippen LogP contribution in [-0.4, -0.2) is 11.9 Å². The van der Waals surface area contributed by atoms with Crippen molar-refractivity contribution in [2.75, 3.05) is 0 Å². The molecule has 0 radical (unpaired) electrons. The van der Waals surface area contributed by atoms with Gasteiger partial charge in [-0.2, -0.15) is 0 Å². The first-order valence-corrected chi connectivity index (χ1v) is 1.73. The van der Waals surface area contributed by atoms with E-state index in [1.54, 1.807) is 0 Å². The van der Waals surface area contributed by atoms with Crippen molar-refractivity contribution >= 4 is 11.9 Å². The van der Waals surface area contributed by atoms with E-state index in [1.807, 2.05) is 0 Å². The molecule has 0 aliphatic carbocycles. The van der Waals surface area contributed by atoms with E-state index in [-0.39, 0.29) is 0 Å². The molecule has 0 spiro atoms. The zero-order valence-electron chi connectivity index (χ0n) is 3.38. The summed E-state index contributed by atoms with van der Waals surface area (Å²) in [5.74, 6) is -1.16. The van der Waals surface area contributed by atoms with E-state index in [0.29, 0.717) is 0 Å². The van der Waals surface area contributed by atoms with Crippen molar-refractivity contribution in [2.45, 2.75) is 0 Å². The highest BCUT2D eigenvalue weighted by Crippen LogP contribution is 1.92. The van der Waals surface area contributed by atoms with Gasteiger partial charge < -0.3 is 4.74 Å². The Hall–Kier alpha value is -1.12. The quantitative estimate of drug-likeness (QED) is 0.309. The van der Waals surface area contributed by atoms with Crippen LogP contribution < -0.4 is 0 Å². The summed E-state index contributed by atoms with van der Waals surface area (Å²) in [6, 6.07) is 0. The van der Waals surface area contributed by atoms with Crippen LogP contribution in [0.2, 0.25) is 0 Å². The van der Waals surface area contributed by atoms with Gasteiger partial charge in [-0.05, 0) is 0 Å². The molecule has 0 N–H and O–H groups in total. The lowest BCUT2D eigenvalue weighted by molar-refractivity contribution is -0.150. The SMILES string of the molecule is O=[14C]1C=C[14C](=O)O1. The molecule has 0 aromatic heterocycles. The van der Waals surface area contributed by atoms with E-state index in [1.165, 1.54) is 0 Å². The average Bonchev–Trinajstić information content (AvgIpc) is 1.87. The van der Waals surface area contributed by atoms with Gasteiger partial charge in [0.05, 0.1) is 0 Å². The molecular formula is C4H2O3. The molecule has 0 unspecified atom stereocenters. The molecule has 0 saturated heterocycles. The van der Waals surface area contributed by atoms with Gasteiger partial charge >= 0.3 is 11.9 Å². The van der Waals surface area contributed by atoms with E-state index < -0.39 is 11.9 Å². The van der Waals surface area contributed by atoms with Gasteiger partial charge in [-0.3, -0.25) is 0 Å². The zero-order chi connectivity index (χ0) is 5.28. The Morgan fingerprint density at radius 2 is 1.57 bits per heavy atom. The van der Waals surface area contributed by atoms with Gasteiger partial charge in [-0.1, -0.05) is 0 Å². The maximum absolute atomic E-state index is 9.92. The van der Waals surface area contributed by atoms with Gasteiger partial charge in [-0.15, -0.1) is 0 Å². The van der Waals surface area contributed by atoms with E-state index >= 15 is 0 Å². The van der Waals surface area contributed by atoms with Gasteiger partial charge in [0.25, 0.3) is 0 Å². The minimum absolute atomic E-state index is 0.579. The lowest BCUT2D eigenvalue weighted by Gasteiger charge is -1.80. The van der Waals surface area contributed by atoms with Crippen molar-refractivity contribution in [3.05, 3.63) is 12.2 Å². The third-order valence-electron chi connectivity index (χ3n) is 0.557. The van der Waals surface area contributed by atoms with Gasteiger partial charge in [0.15, 0.2) is 0 Å². The van der Waals surface area contributed by atoms with Crippen LogP contribution in [-0.2, 0) is 14.3 Å². The Balaban J connectivity index is 2.76. The lowest BCUT2D eigenvalue weighted by atomic mass is 11.0. The summed E-state index contributed by atoms with van der Waals surface area (Å²) in [6.45, 7) is 0. The van der Waals surface area contributed by atoms with E-state index in [9.17, 15) is 9.59 Å². The zero-order valence-corrected chi connectivity index (χ0v) is 3.38. The molecule has 0 atom stereocenters. The Morgan fingerprint density at radius 1 is 1.14 bits per heavy atom. The summed E-state index contributed by atoms with van der Waals surface area (Å²) < 4.78 is 3.97. The van der Waals surface area contributed by atoms with Crippen molar-refractivity contribution in [3.8, 4) is 0 Å². The number of cyclic esters (lactones) is 2. The molecule has 7 heavy (non-hydrogen) atoms. The van der Waals surface area contributed by atoms with Crippen LogP contribution >= 0.6 is 0 Å². The minimum Gasteiger partial charge on any atom is -0.387 e. The molecule has 0 aromatic carbocycles. The number of rotatable bonds is 0. The molecule has 0 bridgehead atoms. The second-order valence-corrected chi connectivity index (χ2v) is 1.07. The molecular weight excluding hydrogens is 100 g/mol. The molecule has 0 saturated carbocycles. The summed E-state index contributed by atoms with van der Waals surface area (Å²) in [6.07, 6.45) is 2.17. The molecule has 0 fully saturated rings. The number of hydrogen-bond donors (Lipinski definition) is 0. The molecule has 1 rings (SSSR count). The Morgan fingerprint density at radius 3 is 1.71 bits per heavy atom. The first-order chi connectivity index (χ1) is 3.29. The van der Waals surface area contributed by atoms with Crippen LogP contribution in [0.4, 0.5) is 0 Å². The average molecular weight is 102 g/mol. The number of hydrogen-bond acceptors (Lipinski definition) is 3. The third-order valence-corrected chi connectivity index (χ3v) is 0.557. The van der Waals surface area contributed by atoms with Gasteiger partial charge in [0.1, 0.15) is 0 Å². The van der Waals surface area contributed by atoms with Crippen molar-refractivity contribution in [1.29, 1.82) is 0 Å². The normalized spacial score (nSPS) is 17.7. The molecule has 0 amide bonds. The van der Waals surface area contributed by atoms with Crippen LogP contribution in [0.5, 0.6) is 0 Å². The number of esters is 2. The third kappa shape index (κ3) is 0.652. The van der Waals surface area contributed by atoms with Crippen LogP contribution in [0.3, 0.4) is 0 Å². The number of carbonyl (C=O) groups excluding carboxylic acids is 2. The fourth-order valence-electron chi connectivity index (χ4n) is 0.303. The monoisotopic (exact) mass is 102 g/mol. The highest BCUT2D eigenvalue weighted by atomic mass is 16.9. The molecule has 36 valence electrons. The first kappa shape index (κ1) is 4.05. The highest BCUT2D eigenvalue weighted by Gasteiger charge is 2.10. The van der Waals surface area contributed by atoms with Crippen molar-refractivity contribution in [3.63, 3.8) is 0 Å². The van der Waals surface area contributed by atoms with E-state index in [4.69, 9.17) is 0 Å². The maximum atomic E-state index is 9.92. The fraction of sp³-hybridized carbons (Fsp3) is 0. The molecule has 3 heteroatoms. The van der Waals surface area contributed by atoms with Gasteiger partial charge in [0, 0.05) is 12.2 Å². The summed E-state index contributed by atoms with van der Waals surface area (Å²) in [5.41, 5.74) is 0. The van der Waals surface area contributed by atoms with Crippen molar-refractivity contribution in [1.82, 2.24) is 0 Å². The van der Waals surface area contributed by atoms with Crippen LogP contribution in [0, 0.1) is 0 Å². The second-order valence-electron chi connectivity index (χ2n) is 1.07. The number of carbonyl (C=O) groups is 2. The fourth-order valence-corrected chi connectivity index (χ4v) is 0.303. The molecule has 1 aliphatic heterocycles. The summed E-state index contributed by atoms with van der Waals surface area (Å²) in [5, 5.41) is 0. The molecule has 1 aliphatic rings. The predicted molar refractivity (Wildman–Crippen MR) is 20.2 cm³/mol. The Bertz CT molecular complexity index is 129. The summed E-state index contributed by atoms with van der Waals surface area (Å²) >= 11 is 0. The van der Waals surface area contributed by atoms with Crippen molar-refractivity contribution in [2.24, 2.45) is 0 Å². The maximum Gasteiger partial charge on any atom is 0.338 e. The van der Waals surface area contributed by atoms with Gasteiger partial charge in [0.2, 0.25) is 0 Å². The standard InChI is InChI=1S/C4H2O3/c5-3-1-2-4(6)7-3/h1-2H/i3+2,4+2. The van der Waals surface area contributed by atoms with E-state index in [0.717, 1.165) is 12.2 Å². The molecule has 3 nitrogen and oxygen atoms in total. The smallest absolute Gasteiger partial charge is 0.338 e. The van der Waals surface area contributed by atoms with Crippen LogP contribution in [0.1, 0.15) is 0 Å². The Kier molecular flexibility index (Phi) is 0.685.